The van der Waals surface area contributed by atoms with Crippen LogP contribution in [0.1, 0.15) is 29.9 Å². The molecule has 0 fully saturated rings. The normalized spacial score (nSPS) is 11.8. The summed E-state index contributed by atoms with van der Waals surface area (Å²) in [5, 5.41) is 11.6. The molecule has 9 heteroatoms. The molecular weight excluding hydrogens is 455 g/mol. The number of hydrogen-bond donors (Lipinski definition) is 3. The van der Waals surface area contributed by atoms with E-state index in [1.54, 1.807) is 23.6 Å². The zero-order chi connectivity index (χ0) is 22.4. The Labute approximate surface area is 195 Å². The second-order valence-electron chi connectivity index (χ2n) is 7.14. The highest BCUT2D eigenvalue weighted by Gasteiger charge is 2.23. The third kappa shape index (κ3) is 6.43. The third-order valence-corrected chi connectivity index (χ3v) is 5.84. The van der Waals surface area contributed by atoms with Crippen molar-refractivity contribution in [3.63, 3.8) is 0 Å². The van der Waals surface area contributed by atoms with Crippen molar-refractivity contribution in [3.8, 4) is 0 Å². The van der Waals surface area contributed by atoms with Gasteiger partial charge in [0.2, 0.25) is 5.91 Å². The highest BCUT2D eigenvalue weighted by atomic mass is 35.5. The lowest BCUT2D eigenvalue weighted by Gasteiger charge is -2.19. The second kappa shape index (κ2) is 10.6. The Bertz CT molecular complexity index is 1060. The first-order chi connectivity index (χ1) is 14.8. The summed E-state index contributed by atoms with van der Waals surface area (Å²) in [6.07, 6.45) is 0.374. The standard InChI is InChI=1S/C22H22Cl2N4O2S/c1-13(2)25-20(29)17(11-14-7-4-3-5-8-14)26-21(30)18-12-31-22(28-18)27-16-10-6-9-15(23)19(16)24/h3-10,12-13,17H,11H2,1-2H3,(H,25,29)(H,26,30)(H,27,28). The molecule has 1 atom stereocenters. The summed E-state index contributed by atoms with van der Waals surface area (Å²) >= 11 is 13.5. The molecule has 3 aromatic rings. The topological polar surface area (TPSA) is 83.1 Å². The van der Waals surface area contributed by atoms with Gasteiger partial charge in [-0.3, -0.25) is 9.59 Å². The summed E-state index contributed by atoms with van der Waals surface area (Å²) in [4.78, 5) is 29.8. The van der Waals surface area contributed by atoms with Crippen molar-refractivity contribution in [2.45, 2.75) is 32.4 Å². The lowest BCUT2D eigenvalue weighted by atomic mass is 10.0. The number of anilines is 2. The highest BCUT2D eigenvalue weighted by molar-refractivity contribution is 7.14. The summed E-state index contributed by atoms with van der Waals surface area (Å²) in [6.45, 7) is 3.75. The van der Waals surface area contributed by atoms with Gasteiger partial charge in [-0.25, -0.2) is 4.98 Å². The van der Waals surface area contributed by atoms with Gasteiger partial charge in [0.25, 0.3) is 5.91 Å². The molecule has 0 bridgehead atoms. The average molecular weight is 477 g/mol. The molecule has 3 rings (SSSR count). The lowest BCUT2D eigenvalue weighted by Crippen LogP contribution is -2.49. The molecule has 0 radical (unpaired) electrons. The van der Waals surface area contributed by atoms with Crippen molar-refractivity contribution >= 4 is 57.2 Å². The zero-order valence-corrected chi connectivity index (χ0v) is 19.3. The zero-order valence-electron chi connectivity index (χ0n) is 17.0. The van der Waals surface area contributed by atoms with E-state index in [-0.39, 0.29) is 17.6 Å². The minimum absolute atomic E-state index is 0.0415. The molecule has 2 amide bonds. The van der Waals surface area contributed by atoms with Crippen LogP contribution in [0.3, 0.4) is 0 Å². The van der Waals surface area contributed by atoms with Crippen molar-refractivity contribution in [1.82, 2.24) is 15.6 Å². The maximum Gasteiger partial charge on any atom is 0.271 e. The fraction of sp³-hybridized carbons (Fsp3) is 0.227. The van der Waals surface area contributed by atoms with Gasteiger partial charge in [-0.05, 0) is 31.5 Å². The molecule has 0 aliphatic rings. The number of nitrogens with zero attached hydrogens (tertiary/aromatic N) is 1. The quantitative estimate of drug-likeness (QED) is 0.424. The Morgan fingerprint density at radius 1 is 1.03 bits per heavy atom. The number of rotatable bonds is 8. The number of halogens is 2. The SMILES string of the molecule is CC(C)NC(=O)C(Cc1ccccc1)NC(=O)c1csc(Nc2cccc(Cl)c2Cl)n1. The third-order valence-electron chi connectivity index (χ3n) is 4.27. The molecule has 0 aliphatic carbocycles. The monoisotopic (exact) mass is 476 g/mol. The Hall–Kier alpha value is -2.61. The van der Waals surface area contributed by atoms with Gasteiger partial charge in [-0.15, -0.1) is 11.3 Å². The van der Waals surface area contributed by atoms with Crippen molar-refractivity contribution in [2.75, 3.05) is 5.32 Å². The molecule has 31 heavy (non-hydrogen) atoms. The summed E-state index contributed by atoms with van der Waals surface area (Å²) in [6, 6.07) is 14.0. The van der Waals surface area contributed by atoms with E-state index >= 15 is 0 Å². The Kier molecular flexibility index (Phi) is 7.90. The van der Waals surface area contributed by atoms with E-state index < -0.39 is 11.9 Å². The van der Waals surface area contributed by atoms with Crippen LogP contribution in [0, 0.1) is 0 Å². The summed E-state index contributed by atoms with van der Waals surface area (Å²) in [5.74, 6) is -0.673. The molecule has 1 aromatic heterocycles. The van der Waals surface area contributed by atoms with Crippen LogP contribution in [-0.4, -0.2) is 28.9 Å². The molecule has 3 N–H and O–H groups in total. The van der Waals surface area contributed by atoms with Gasteiger partial charge in [0.1, 0.15) is 11.7 Å². The number of amides is 2. The number of carbonyl (C=O) groups excluding carboxylic acids is 2. The van der Waals surface area contributed by atoms with E-state index in [1.165, 1.54) is 11.3 Å². The van der Waals surface area contributed by atoms with E-state index in [9.17, 15) is 9.59 Å². The number of nitrogens with one attached hydrogen (secondary N) is 3. The minimum Gasteiger partial charge on any atom is -0.352 e. The molecule has 0 spiro atoms. The van der Waals surface area contributed by atoms with Crippen LogP contribution in [0.5, 0.6) is 0 Å². The minimum atomic E-state index is -0.724. The van der Waals surface area contributed by atoms with Gasteiger partial charge < -0.3 is 16.0 Å². The van der Waals surface area contributed by atoms with Gasteiger partial charge >= 0.3 is 0 Å². The summed E-state index contributed by atoms with van der Waals surface area (Å²) in [7, 11) is 0. The summed E-state index contributed by atoms with van der Waals surface area (Å²) in [5.41, 5.74) is 1.75. The van der Waals surface area contributed by atoms with E-state index in [1.807, 2.05) is 44.2 Å². The first-order valence-electron chi connectivity index (χ1n) is 9.65. The van der Waals surface area contributed by atoms with Crippen LogP contribution in [0.2, 0.25) is 10.0 Å². The molecule has 2 aromatic carbocycles. The van der Waals surface area contributed by atoms with Gasteiger partial charge in [0.15, 0.2) is 5.13 Å². The van der Waals surface area contributed by atoms with E-state index in [0.717, 1.165) is 5.56 Å². The lowest BCUT2D eigenvalue weighted by molar-refractivity contribution is -0.123. The number of aromatic nitrogens is 1. The van der Waals surface area contributed by atoms with Crippen LogP contribution in [0.15, 0.2) is 53.9 Å². The molecule has 162 valence electrons. The highest BCUT2D eigenvalue weighted by Crippen LogP contribution is 2.32. The van der Waals surface area contributed by atoms with Crippen LogP contribution >= 0.6 is 34.5 Å². The predicted molar refractivity (Wildman–Crippen MR) is 127 cm³/mol. The van der Waals surface area contributed by atoms with E-state index in [0.29, 0.717) is 27.3 Å². The van der Waals surface area contributed by atoms with Gasteiger partial charge in [0.05, 0.1) is 15.7 Å². The van der Waals surface area contributed by atoms with Gasteiger partial charge in [-0.1, -0.05) is 59.6 Å². The van der Waals surface area contributed by atoms with Gasteiger partial charge in [0, 0.05) is 17.8 Å². The van der Waals surface area contributed by atoms with Crippen LogP contribution < -0.4 is 16.0 Å². The number of carbonyl (C=O) groups is 2. The maximum atomic E-state index is 12.8. The maximum absolute atomic E-state index is 12.8. The van der Waals surface area contributed by atoms with Crippen molar-refractivity contribution in [1.29, 1.82) is 0 Å². The Morgan fingerprint density at radius 3 is 2.48 bits per heavy atom. The van der Waals surface area contributed by atoms with Crippen LogP contribution in [0.25, 0.3) is 0 Å². The Morgan fingerprint density at radius 2 is 1.77 bits per heavy atom. The van der Waals surface area contributed by atoms with Gasteiger partial charge in [-0.2, -0.15) is 0 Å². The fourth-order valence-corrected chi connectivity index (χ4v) is 3.88. The van der Waals surface area contributed by atoms with Crippen LogP contribution in [0.4, 0.5) is 10.8 Å². The fourth-order valence-electron chi connectivity index (χ4n) is 2.83. The average Bonchev–Trinajstić information content (AvgIpc) is 3.20. The first-order valence-corrected chi connectivity index (χ1v) is 11.3. The van der Waals surface area contributed by atoms with Crippen molar-refractivity contribution < 1.29 is 9.59 Å². The first kappa shape index (κ1) is 23.1. The van der Waals surface area contributed by atoms with Crippen LogP contribution in [-0.2, 0) is 11.2 Å². The second-order valence-corrected chi connectivity index (χ2v) is 8.79. The van der Waals surface area contributed by atoms with Crippen molar-refractivity contribution in [3.05, 3.63) is 75.2 Å². The molecule has 6 nitrogen and oxygen atoms in total. The summed E-state index contributed by atoms with van der Waals surface area (Å²) < 4.78 is 0. The van der Waals surface area contributed by atoms with E-state index in [2.05, 4.69) is 20.9 Å². The molecule has 1 heterocycles. The molecular formula is C22H22Cl2N4O2S. The molecule has 0 saturated carbocycles. The number of hydrogen-bond acceptors (Lipinski definition) is 5. The predicted octanol–water partition coefficient (Wildman–Crippen LogP) is 5.06. The number of thiazole rings is 1. The van der Waals surface area contributed by atoms with Crippen molar-refractivity contribution in [2.24, 2.45) is 0 Å². The largest absolute Gasteiger partial charge is 0.352 e. The molecule has 0 aliphatic heterocycles. The number of benzene rings is 2. The van der Waals surface area contributed by atoms with E-state index in [4.69, 9.17) is 23.2 Å². The molecule has 0 saturated heterocycles. The molecule has 1 unspecified atom stereocenters. The Balaban J connectivity index is 1.72. The smallest absolute Gasteiger partial charge is 0.271 e.